The summed E-state index contributed by atoms with van der Waals surface area (Å²) in [7, 11) is 0. The molecule has 0 aliphatic rings. The Morgan fingerprint density at radius 1 is 0.667 bits per heavy atom. The first-order valence-electron chi connectivity index (χ1n) is 8.48. The SMILES string of the molecule is CCCCc1cccc(CCCC)c1Cc1ccccc1. The fraction of sp³-hybridized carbons (Fsp3) is 0.429. The summed E-state index contributed by atoms with van der Waals surface area (Å²) >= 11 is 0. The van der Waals surface area contributed by atoms with Crippen LogP contribution in [0.1, 0.15) is 61.8 Å². The van der Waals surface area contributed by atoms with Gasteiger partial charge in [-0.2, -0.15) is 0 Å². The molecule has 0 saturated heterocycles. The number of hydrogen-bond acceptors (Lipinski definition) is 0. The second kappa shape index (κ2) is 8.67. The van der Waals surface area contributed by atoms with Crippen molar-refractivity contribution in [1.29, 1.82) is 0 Å². The van der Waals surface area contributed by atoms with Crippen molar-refractivity contribution >= 4 is 0 Å². The number of hydrogen-bond donors (Lipinski definition) is 0. The highest BCUT2D eigenvalue weighted by Gasteiger charge is 2.09. The minimum atomic E-state index is 1.08. The molecule has 0 heterocycles. The summed E-state index contributed by atoms with van der Waals surface area (Å²) in [6.07, 6.45) is 8.64. The van der Waals surface area contributed by atoms with E-state index in [1.807, 2.05) is 0 Å². The molecule has 0 atom stereocenters. The topological polar surface area (TPSA) is 0 Å². The molecule has 0 aliphatic carbocycles. The van der Waals surface area contributed by atoms with Crippen LogP contribution >= 0.6 is 0 Å². The molecule has 0 nitrogen and oxygen atoms in total. The lowest BCUT2D eigenvalue weighted by Crippen LogP contribution is -2.02. The highest BCUT2D eigenvalue weighted by molar-refractivity contribution is 5.39. The average molecular weight is 280 g/mol. The van der Waals surface area contributed by atoms with Gasteiger partial charge in [0.15, 0.2) is 0 Å². The van der Waals surface area contributed by atoms with Crippen LogP contribution in [-0.2, 0) is 19.3 Å². The van der Waals surface area contributed by atoms with Gasteiger partial charge in [0, 0.05) is 0 Å². The van der Waals surface area contributed by atoms with Gasteiger partial charge in [0.1, 0.15) is 0 Å². The largest absolute Gasteiger partial charge is 0.0654 e. The van der Waals surface area contributed by atoms with Crippen LogP contribution in [0.2, 0.25) is 0 Å². The number of aryl methyl sites for hydroxylation is 2. The standard InChI is InChI=1S/C21H28/c1-3-5-13-19-15-10-16-20(14-6-4-2)21(19)17-18-11-8-7-9-12-18/h7-12,15-16H,3-6,13-14,17H2,1-2H3. The maximum absolute atomic E-state index is 2.34. The van der Waals surface area contributed by atoms with Crippen molar-refractivity contribution in [2.75, 3.05) is 0 Å². The third-order valence-electron chi connectivity index (χ3n) is 4.19. The highest BCUT2D eigenvalue weighted by Crippen LogP contribution is 2.22. The first-order valence-corrected chi connectivity index (χ1v) is 8.48. The summed E-state index contributed by atoms with van der Waals surface area (Å²) in [6, 6.07) is 17.8. The fourth-order valence-corrected chi connectivity index (χ4v) is 2.92. The molecule has 0 unspecified atom stereocenters. The van der Waals surface area contributed by atoms with E-state index in [9.17, 15) is 0 Å². The first-order chi connectivity index (χ1) is 10.3. The minimum absolute atomic E-state index is 1.08. The molecule has 0 saturated carbocycles. The normalized spacial score (nSPS) is 10.8. The van der Waals surface area contributed by atoms with Crippen LogP contribution in [0.3, 0.4) is 0 Å². The monoisotopic (exact) mass is 280 g/mol. The molecule has 0 heteroatoms. The maximum atomic E-state index is 2.34. The van der Waals surface area contributed by atoms with Crippen LogP contribution in [0.5, 0.6) is 0 Å². The predicted octanol–water partition coefficient (Wildman–Crippen LogP) is 5.96. The van der Waals surface area contributed by atoms with Gasteiger partial charge in [-0.15, -0.1) is 0 Å². The lowest BCUT2D eigenvalue weighted by Gasteiger charge is -2.15. The lowest BCUT2D eigenvalue weighted by atomic mass is 9.90. The Kier molecular flexibility index (Phi) is 6.53. The van der Waals surface area contributed by atoms with E-state index < -0.39 is 0 Å². The summed E-state index contributed by atoms with van der Waals surface area (Å²) in [5.74, 6) is 0. The molecule has 2 rings (SSSR count). The summed E-state index contributed by atoms with van der Waals surface area (Å²) in [6.45, 7) is 4.55. The summed E-state index contributed by atoms with van der Waals surface area (Å²) in [5.41, 5.74) is 6.15. The van der Waals surface area contributed by atoms with Gasteiger partial charge in [-0.1, -0.05) is 75.2 Å². The number of unbranched alkanes of at least 4 members (excludes halogenated alkanes) is 2. The molecule has 21 heavy (non-hydrogen) atoms. The van der Waals surface area contributed by atoms with Gasteiger partial charge in [0.2, 0.25) is 0 Å². The molecule has 0 spiro atoms. The zero-order valence-corrected chi connectivity index (χ0v) is 13.6. The van der Waals surface area contributed by atoms with Crippen molar-refractivity contribution in [2.24, 2.45) is 0 Å². The average Bonchev–Trinajstić information content (AvgIpc) is 2.53. The van der Waals surface area contributed by atoms with Crippen molar-refractivity contribution in [1.82, 2.24) is 0 Å². The molecule has 0 bridgehead atoms. The van der Waals surface area contributed by atoms with Crippen LogP contribution in [0.4, 0.5) is 0 Å². The minimum Gasteiger partial charge on any atom is -0.0654 e. The Labute approximate surface area is 130 Å². The smallest absolute Gasteiger partial charge is 0.00203 e. The zero-order chi connectivity index (χ0) is 14.9. The van der Waals surface area contributed by atoms with E-state index in [-0.39, 0.29) is 0 Å². The Bertz CT molecular complexity index is 499. The lowest BCUT2D eigenvalue weighted by molar-refractivity contribution is 0.768. The van der Waals surface area contributed by atoms with Gasteiger partial charge < -0.3 is 0 Å². The van der Waals surface area contributed by atoms with Crippen molar-refractivity contribution in [3.05, 3.63) is 70.8 Å². The zero-order valence-electron chi connectivity index (χ0n) is 13.6. The van der Waals surface area contributed by atoms with Gasteiger partial charge in [-0.3, -0.25) is 0 Å². The Morgan fingerprint density at radius 2 is 1.24 bits per heavy atom. The molecule has 112 valence electrons. The third kappa shape index (κ3) is 4.74. The van der Waals surface area contributed by atoms with Crippen molar-refractivity contribution < 1.29 is 0 Å². The van der Waals surface area contributed by atoms with E-state index in [0.29, 0.717) is 0 Å². The first kappa shape index (κ1) is 15.8. The van der Waals surface area contributed by atoms with Gasteiger partial charge in [-0.05, 0) is 54.4 Å². The molecule has 0 amide bonds. The molecular weight excluding hydrogens is 252 g/mol. The van der Waals surface area contributed by atoms with Crippen LogP contribution in [0.25, 0.3) is 0 Å². The molecular formula is C21H28. The second-order valence-electron chi connectivity index (χ2n) is 5.92. The quantitative estimate of drug-likeness (QED) is 0.559. The summed E-state index contributed by atoms with van der Waals surface area (Å²) in [4.78, 5) is 0. The molecule has 0 radical (unpaired) electrons. The third-order valence-corrected chi connectivity index (χ3v) is 4.19. The molecule has 0 aromatic heterocycles. The van der Waals surface area contributed by atoms with Crippen LogP contribution in [0, 0.1) is 0 Å². The fourth-order valence-electron chi connectivity index (χ4n) is 2.92. The van der Waals surface area contributed by atoms with Crippen LogP contribution < -0.4 is 0 Å². The van der Waals surface area contributed by atoms with E-state index in [4.69, 9.17) is 0 Å². The summed E-state index contributed by atoms with van der Waals surface area (Å²) < 4.78 is 0. The molecule has 2 aromatic carbocycles. The predicted molar refractivity (Wildman–Crippen MR) is 92.9 cm³/mol. The van der Waals surface area contributed by atoms with Crippen molar-refractivity contribution in [3.63, 3.8) is 0 Å². The van der Waals surface area contributed by atoms with Gasteiger partial charge in [0.25, 0.3) is 0 Å². The van der Waals surface area contributed by atoms with Crippen molar-refractivity contribution in [2.45, 2.75) is 58.8 Å². The highest BCUT2D eigenvalue weighted by atomic mass is 14.1. The number of rotatable bonds is 8. The molecule has 0 aliphatic heterocycles. The van der Waals surface area contributed by atoms with Gasteiger partial charge in [0.05, 0.1) is 0 Å². The summed E-state index contributed by atoms with van der Waals surface area (Å²) in [5, 5.41) is 0. The number of benzene rings is 2. The molecule has 0 fully saturated rings. The molecule has 0 N–H and O–H groups in total. The van der Waals surface area contributed by atoms with Gasteiger partial charge in [-0.25, -0.2) is 0 Å². The van der Waals surface area contributed by atoms with Crippen molar-refractivity contribution in [3.8, 4) is 0 Å². The van der Waals surface area contributed by atoms with E-state index >= 15 is 0 Å². The molecule has 2 aromatic rings. The van der Waals surface area contributed by atoms with Gasteiger partial charge >= 0.3 is 0 Å². The van der Waals surface area contributed by atoms with E-state index in [0.717, 1.165) is 6.42 Å². The maximum Gasteiger partial charge on any atom is -0.00203 e. The van der Waals surface area contributed by atoms with Crippen LogP contribution in [-0.4, -0.2) is 0 Å². The second-order valence-corrected chi connectivity index (χ2v) is 5.92. The van der Waals surface area contributed by atoms with E-state index in [2.05, 4.69) is 62.4 Å². The Hall–Kier alpha value is -1.56. The van der Waals surface area contributed by atoms with Crippen LogP contribution in [0.15, 0.2) is 48.5 Å². The Morgan fingerprint density at radius 3 is 1.76 bits per heavy atom. The van der Waals surface area contributed by atoms with E-state index in [1.165, 1.54) is 44.1 Å². The van der Waals surface area contributed by atoms with E-state index in [1.54, 1.807) is 16.7 Å². The Balaban J connectivity index is 2.28.